The Hall–Kier alpha value is -4.61. The van der Waals surface area contributed by atoms with Gasteiger partial charge in [0.1, 0.15) is 12.4 Å². The Kier molecular flexibility index (Phi) is 6.74. The number of para-hydroxylation sites is 1. The molecule has 0 atom stereocenters. The lowest BCUT2D eigenvalue weighted by atomic mass is 9.99. The molecule has 0 saturated carbocycles. The molecule has 0 unspecified atom stereocenters. The first-order valence-corrected chi connectivity index (χ1v) is 13.1. The van der Waals surface area contributed by atoms with Crippen molar-refractivity contribution in [1.29, 1.82) is 0 Å². The van der Waals surface area contributed by atoms with E-state index in [-0.39, 0.29) is 5.56 Å². The first-order valence-electron chi connectivity index (χ1n) is 12.7. The van der Waals surface area contributed by atoms with Crippen LogP contribution in [0.1, 0.15) is 32.7 Å². The highest BCUT2D eigenvalue weighted by atomic mass is 35.5. The van der Waals surface area contributed by atoms with Crippen LogP contribution in [0.3, 0.4) is 0 Å². The molecule has 2 heterocycles. The summed E-state index contributed by atoms with van der Waals surface area (Å²) in [5, 5.41) is 12.2. The maximum Gasteiger partial charge on any atom is 0.336 e. The van der Waals surface area contributed by atoms with Crippen LogP contribution in [0, 0.1) is 0 Å². The van der Waals surface area contributed by atoms with Gasteiger partial charge in [-0.2, -0.15) is 0 Å². The van der Waals surface area contributed by atoms with Crippen LogP contribution >= 0.6 is 11.6 Å². The normalized spacial score (nSPS) is 11.2. The zero-order chi connectivity index (χ0) is 26.8. The van der Waals surface area contributed by atoms with Crippen LogP contribution in [0.2, 0.25) is 5.02 Å². The number of hydrogen-bond donors (Lipinski definition) is 1. The van der Waals surface area contributed by atoms with E-state index in [0.717, 1.165) is 49.9 Å². The average Bonchev–Trinajstić information content (AvgIpc) is 3.34. The lowest BCUT2D eigenvalue weighted by Crippen LogP contribution is -2.03. The maximum absolute atomic E-state index is 11.7. The van der Waals surface area contributed by atoms with Gasteiger partial charge < -0.3 is 14.4 Å². The number of nitrogens with zero attached hydrogens (tertiary/aromatic N) is 2. The summed E-state index contributed by atoms with van der Waals surface area (Å²) >= 11 is 6.01. The van der Waals surface area contributed by atoms with Crippen molar-refractivity contribution in [2.75, 3.05) is 0 Å². The summed E-state index contributed by atoms with van der Waals surface area (Å²) in [5.74, 6) is -0.169. The summed E-state index contributed by atoms with van der Waals surface area (Å²) < 4.78 is 8.28. The Labute approximate surface area is 230 Å². The van der Waals surface area contributed by atoms with Gasteiger partial charge in [0.2, 0.25) is 0 Å². The Morgan fingerprint density at radius 1 is 0.846 bits per heavy atom. The fourth-order valence-corrected chi connectivity index (χ4v) is 5.07. The van der Waals surface area contributed by atoms with Crippen molar-refractivity contribution >= 4 is 39.4 Å². The summed E-state index contributed by atoms with van der Waals surface area (Å²) in [6.07, 6.45) is 2.59. The third-order valence-corrected chi connectivity index (χ3v) is 7.06. The van der Waals surface area contributed by atoms with Crippen molar-refractivity contribution in [1.82, 2.24) is 9.55 Å². The van der Waals surface area contributed by atoms with E-state index in [1.165, 1.54) is 6.07 Å². The third-order valence-electron chi connectivity index (χ3n) is 6.83. The zero-order valence-corrected chi connectivity index (χ0v) is 21.8. The fraction of sp³-hybridized carbons (Fsp3) is 0.0909. The Morgan fingerprint density at radius 2 is 1.74 bits per heavy atom. The number of carbonyl (C=O) groups is 1. The van der Waals surface area contributed by atoms with E-state index in [1.54, 1.807) is 12.1 Å². The van der Waals surface area contributed by atoms with Crippen molar-refractivity contribution in [2.24, 2.45) is 0 Å². The van der Waals surface area contributed by atoms with Crippen molar-refractivity contribution in [3.8, 4) is 5.75 Å². The number of aromatic nitrogens is 2. The second-order valence-electron chi connectivity index (χ2n) is 9.55. The van der Waals surface area contributed by atoms with Gasteiger partial charge in [0.25, 0.3) is 0 Å². The molecule has 6 rings (SSSR count). The molecular weight excluding hydrogens is 508 g/mol. The Bertz CT molecular complexity index is 1830. The van der Waals surface area contributed by atoms with E-state index in [1.807, 2.05) is 36.4 Å². The number of halogens is 1. The van der Waals surface area contributed by atoms with Crippen LogP contribution in [-0.2, 0) is 19.6 Å². The highest BCUT2D eigenvalue weighted by Gasteiger charge is 2.12. The number of fused-ring (bicyclic) bond motifs is 2. The molecular formula is C33H25ClN2O3. The standard InChI is InChI=1S/C33H25ClN2O3/c34-27-11-9-25(30(19-27)33(37)38)16-22-8-13-32-26(17-22)14-15-36(32)20-23-4-3-6-29(18-23)39-21-28-12-10-24-5-1-2-7-31(24)35-28/h1-15,17-19H,16,20-21H2,(H,37,38). The van der Waals surface area contributed by atoms with Crippen molar-refractivity contribution in [3.05, 3.63) is 142 Å². The van der Waals surface area contributed by atoms with Gasteiger partial charge in [-0.15, -0.1) is 0 Å². The lowest BCUT2D eigenvalue weighted by Gasteiger charge is -2.11. The van der Waals surface area contributed by atoms with E-state index in [0.29, 0.717) is 24.6 Å². The molecule has 6 aromatic rings. The number of pyridine rings is 1. The minimum atomic E-state index is -0.973. The SMILES string of the molecule is O=C(O)c1cc(Cl)ccc1Cc1ccc2c(ccn2Cc2cccc(OCc3ccc4ccccc4n3)c2)c1. The molecule has 192 valence electrons. The zero-order valence-electron chi connectivity index (χ0n) is 21.0. The summed E-state index contributed by atoms with van der Waals surface area (Å²) in [6.45, 7) is 1.11. The van der Waals surface area contributed by atoms with Crippen LogP contribution in [0.4, 0.5) is 0 Å². The van der Waals surface area contributed by atoms with Crippen LogP contribution in [0.5, 0.6) is 5.75 Å². The number of hydrogen-bond acceptors (Lipinski definition) is 3. The number of rotatable bonds is 8. The van der Waals surface area contributed by atoms with Gasteiger partial charge in [0, 0.05) is 28.7 Å². The number of carboxylic acid groups (broad SMARTS) is 1. The average molecular weight is 533 g/mol. The van der Waals surface area contributed by atoms with Crippen LogP contribution in [0.25, 0.3) is 21.8 Å². The van der Waals surface area contributed by atoms with Gasteiger partial charge in [-0.05, 0) is 83.1 Å². The molecule has 0 aliphatic rings. The monoisotopic (exact) mass is 532 g/mol. The van der Waals surface area contributed by atoms with Crippen molar-refractivity contribution < 1.29 is 14.6 Å². The van der Waals surface area contributed by atoms with Crippen LogP contribution < -0.4 is 4.74 Å². The molecule has 2 aromatic heterocycles. The molecule has 0 amide bonds. The van der Waals surface area contributed by atoms with Gasteiger partial charge >= 0.3 is 5.97 Å². The first kappa shape index (κ1) is 24.7. The van der Waals surface area contributed by atoms with E-state index in [2.05, 4.69) is 59.3 Å². The third kappa shape index (κ3) is 5.49. The second-order valence-corrected chi connectivity index (χ2v) is 9.99. The van der Waals surface area contributed by atoms with Crippen LogP contribution in [-0.4, -0.2) is 20.6 Å². The number of aromatic carboxylic acids is 1. The molecule has 0 aliphatic heterocycles. The molecule has 0 fully saturated rings. The molecule has 39 heavy (non-hydrogen) atoms. The first-order chi connectivity index (χ1) is 19.0. The molecule has 0 bridgehead atoms. The Morgan fingerprint density at radius 3 is 2.64 bits per heavy atom. The minimum Gasteiger partial charge on any atom is -0.487 e. The lowest BCUT2D eigenvalue weighted by molar-refractivity contribution is 0.0696. The number of carboxylic acids is 1. The summed E-state index contributed by atoms with van der Waals surface area (Å²) in [5.41, 5.74) is 6.11. The molecule has 0 saturated heterocycles. The quantitative estimate of drug-likeness (QED) is 0.217. The van der Waals surface area contributed by atoms with Crippen molar-refractivity contribution in [2.45, 2.75) is 19.6 Å². The molecule has 4 aromatic carbocycles. The maximum atomic E-state index is 11.7. The smallest absolute Gasteiger partial charge is 0.336 e. The predicted molar refractivity (Wildman–Crippen MR) is 155 cm³/mol. The van der Waals surface area contributed by atoms with E-state index < -0.39 is 5.97 Å². The summed E-state index contributed by atoms with van der Waals surface area (Å²) in [6, 6.07) is 33.6. The molecule has 6 heteroatoms. The van der Waals surface area contributed by atoms with E-state index >= 15 is 0 Å². The number of ether oxygens (including phenoxy) is 1. The van der Waals surface area contributed by atoms with Gasteiger partial charge in [-0.1, -0.05) is 60.1 Å². The molecule has 0 aliphatic carbocycles. The van der Waals surface area contributed by atoms with Crippen LogP contribution in [0.15, 0.2) is 109 Å². The number of benzene rings is 4. The molecule has 5 nitrogen and oxygen atoms in total. The summed E-state index contributed by atoms with van der Waals surface area (Å²) in [7, 11) is 0. The van der Waals surface area contributed by atoms with Gasteiger partial charge in [0.15, 0.2) is 0 Å². The predicted octanol–water partition coefficient (Wildman–Crippen LogP) is 7.76. The second kappa shape index (κ2) is 10.6. The van der Waals surface area contributed by atoms with Gasteiger partial charge in [-0.3, -0.25) is 0 Å². The van der Waals surface area contributed by atoms with E-state index in [9.17, 15) is 9.90 Å². The van der Waals surface area contributed by atoms with Gasteiger partial charge in [-0.25, -0.2) is 9.78 Å². The largest absolute Gasteiger partial charge is 0.487 e. The molecule has 0 radical (unpaired) electrons. The Balaban J connectivity index is 1.16. The van der Waals surface area contributed by atoms with Crippen molar-refractivity contribution in [3.63, 3.8) is 0 Å². The summed E-state index contributed by atoms with van der Waals surface area (Å²) in [4.78, 5) is 16.4. The highest BCUT2D eigenvalue weighted by molar-refractivity contribution is 6.31. The van der Waals surface area contributed by atoms with E-state index in [4.69, 9.17) is 21.3 Å². The fourth-order valence-electron chi connectivity index (χ4n) is 4.90. The minimum absolute atomic E-state index is 0.235. The van der Waals surface area contributed by atoms with Gasteiger partial charge in [0.05, 0.1) is 16.8 Å². The molecule has 1 N–H and O–H groups in total. The highest BCUT2D eigenvalue weighted by Crippen LogP contribution is 2.24. The molecule has 0 spiro atoms. The topological polar surface area (TPSA) is 64.3 Å².